The second-order valence-electron chi connectivity index (χ2n) is 0. The maximum absolute atomic E-state index is 0. The van der Waals surface area contributed by atoms with Crippen molar-refractivity contribution >= 4 is 196 Å². The summed E-state index contributed by atoms with van der Waals surface area (Å²) < 4.78 is 0. The molecule has 0 amide bonds. The molecular weight excluding hydrogens is 900 g/mol. The van der Waals surface area contributed by atoms with Gasteiger partial charge in [0.1, 0.15) is 0 Å². The molecule has 0 aliphatic rings. The largest absolute Gasteiger partial charge is 4.00 e. The van der Waals surface area contributed by atoms with E-state index >= 15 is 0 Å². The minimum Gasteiger partial charge on any atom is -3.00 e. The van der Waals surface area contributed by atoms with Gasteiger partial charge in [-0.15, -0.1) is 0 Å². The first-order valence-corrected chi connectivity index (χ1v) is 0. The number of hydrogen-bond donors (Lipinski definition) is 0. The van der Waals surface area contributed by atoms with Gasteiger partial charge in [-0.2, -0.15) is 0 Å². The molecule has 0 unspecified atom stereocenters. The molecule has 0 aromatic rings. The third-order valence-corrected chi connectivity index (χ3v) is 0. The fraction of sp³-hybridized carbons (Fsp3) is 0. The molecule has 0 aromatic carbocycles. The summed E-state index contributed by atoms with van der Waals surface area (Å²) in [6.45, 7) is 0. The third kappa shape index (κ3) is 64.2. The van der Waals surface area contributed by atoms with E-state index in [9.17, 15) is 0 Å². The van der Waals surface area contributed by atoms with E-state index in [-0.39, 0.29) is 196 Å². The smallest absolute Gasteiger partial charge is 3.00 e. The van der Waals surface area contributed by atoms with Crippen molar-refractivity contribution in [2.75, 3.05) is 0 Å². The van der Waals surface area contributed by atoms with Crippen LogP contribution in [0.25, 0.3) is 0 Å². The van der Waals surface area contributed by atoms with Gasteiger partial charge in [0.2, 0.25) is 0 Å². The molecule has 0 aromatic heterocycles. The van der Waals surface area contributed by atoms with E-state index in [2.05, 4.69) is 0 Å². The van der Waals surface area contributed by atoms with E-state index in [0.29, 0.717) is 0 Å². The Morgan fingerprint density at radius 3 is 0.300 bits per heavy atom. The Morgan fingerprint density at radius 1 is 0.300 bits per heavy atom. The minimum atomic E-state index is 0. The molecular formula is As4Ge3Te3. The third-order valence-electron chi connectivity index (χ3n) is 0. The van der Waals surface area contributed by atoms with E-state index < -0.39 is 0 Å². The van der Waals surface area contributed by atoms with Crippen molar-refractivity contribution in [2.45, 2.75) is 0 Å². The molecule has 0 aliphatic carbocycles. The van der Waals surface area contributed by atoms with E-state index in [4.69, 9.17) is 0 Å². The van der Waals surface area contributed by atoms with Crippen molar-refractivity contribution in [1.82, 2.24) is 0 Å². The molecule has 0 saturated carbocycles. The molecule has 50 valence electrons. The Hall–Kier alpha value is 6.23. The monoisotopic (exact) mass is 911 g/mol. The van der Waals surface area contributed by atoms with Crippen molar-refractivity contribution in [1.29, 1.82) is 0 Å². The normalized spacial score (nSPS) is 0. The van der Waals surface area contributed by atoms with Gasteiger partial charge >= 0.3 is 52.8 Å². The van der Waals surface area contributed by atoms with Crippen LogP contribution in [-0.4, -0.2) is 196 Å². The molecule has 10 heteroatoms. The zero-order valence-corrected chi connectivity index (χ0v) is 25.3. The number of hydrogen-bond acceptors (Lipinski definition) is 0. The Kier molecular flexibility index (Phi) is 770. The molecule has 6 radical (unpaired) electrons. The van der Waals surface area contributed by atoms with Gasteiger partial charge in [-0.25, -0.2) is 0 Å². The fourth-order valence-corrected chi connectivity index (χ4v) is 0. The van der Waals surface area contributed by atoms with Crippen molar-refractivity contribution in [3.63, 3.8) is 0 Å². The zero-order valence-electron chi connectivity index (χ0n) is 4.51. The quantitative estimate of drug-likeness (QED) is 0.219. The van der Waals surface area contributed by atoms with Crippen molar-refractivity contribution < 1.29 is 0 Å². The van der Waals surface area contributed by atoms with Gasteiger partial charge in [0.15, 0.2) is 0 Å². The second-order valence-corrected chi connectivity index (χ2v) is 0. The Balaban J connectivity index is 0. The van der Waals surface area contributed by atoms with Gasteiger partial charge in [-0.05, 0) is 0 Å². The predicted octanol–water partition coefficient (Wildman–Crippen LogP) is -3.81. The van der Waals surface area contributed by atoms with Crippen LogP contribution in [0, 0.1) is 0 Å². The van der Waals surface area contributed by atoms with Crippen LogP contribution in [0.5, 0.6) is 0 Å². The topological polar surface area (TPSA) is 0 Å². The molecule has 0 saturated heterocycles. The van der Waals surface area contributed by atoms with E-state index in [1.54, 1.807) is 0 Å². The van der Waals surface area contributed by atoms with Crippen LogP contribution in [0.3, 0.4) is 0 Å². The molecule has 0 aliphatic heterocycles. The summed E-state index contributed by atoms with van der Waals surface area (Å²) in [4.78, 5) is 0. The second kappa shape index (κ2) is 79.4. The molecule has 0 heterocycles. The Labute approximate surface area is 191 Å². The summed E-state index contributed by atoms with van der Waals surface area (Å²) in [6, 6.07) is 0. The van der Waals surface area contributed by atoms with Gasteiger partial charge < -0.3 is 71.8 Å². The molecule has 0 N–H and O–H groups in total. The summed E-state index contributed by atoms with van der Waals surface area (Å²) in [7, 11) is 0. The molecule has 0 nitrogen and oxygen atoms in total. The first-order chi connectivity index (χ1) is 0. The van der Waals surface area contributed by atoms with Crippen LogP contribution in [-0.2, 0) is 0 Å². The maximum Gasteiger partial charge on any atom is 4.00 e. The van der Waals surface area contributed by atoms with Crippen LogP contribution < -0.4 is 0 Å². The van der Waals surface area contributed by atoms with Crippen molar-refractivity contribution in [3.05, 3.63) is 0 Å². The molecule has 0 fully saturated rings. The molecule has 10 heavy (non-hydrogen) atoms. The summed E-state index contributed by atoms with van der Waals surface area (Å²) in [5.41, 5.74) is 0. The van der Waals surface area contributed by atoms with Gasteiger partial charge in [-0.1, -0.05) is 0 Å². The number of rotatable bonds is 0. The van der Waals surface area contributed by atoms with E-state index in [0.717, 1.165) is 0 Å². The SMILES string of the molecule is [As-3].[As-3].[As-3].[As-3].[Ge+4].[Ge+4].[Ge+4].[Te].[Te].[Te]. The standard InChI is InChI=1S/4As.3Ge.3Te/q4*-3;3*+4;;;. The molecule has 0 rings (SSSR count). The molecule has 0 spiro atoms. The Morgan fingerprint density at radius 2 is 0.300 bits per heavy atom. The van der Waals surface area contributed by atoms with E-state index in [1.165, 1.54) is 0 Å². The molecule has 0 bridgehead atoms. The van der Waals surface area contributed by atoms with Crippen LogP contribution in [0.4, 0.5) is 0 Å². The van der Waals surface area contributed by atoms with Gasteiger partial charge in [0, 0.05) is 71.0 Å². The van der Waals surface area contributed by atoms with Crippen LogP contribution >= 0.6 is 0 Å². The first kappa shape index (κ1) is 97.0. The summed E-state index contributed by atoms with van der Waals surface area (Å²) in [5, 5.41) is 0. The zero-order chi connectivity index (χ0) is 0. The van der Waals surface area contributed by atoms with Crippen molar-refractivity contribution in [2.24, 2.45) is 0 Å². The van der Waals surface area contributed by atoms with Gasteiger partial charge in [-0.3, -0.25) is 0 Å². The first-order valence-electron chi connectivity index (χ1n) is 0. The summed E-state index contributed by atoms with van der Waals surface area (Å²) in [5.74, 6) is 0. The predicted molar refractivity (Wildman–Crippen MR) is 57.5 cm³/mol. The summed E-state index contributed by atoms with van der Waals surface area (Å²) >= 11 is 0. The van der Waals surface area contributed by atoms with Crippen LogP contribution in [0.15, 0.2) is 0 Å². The van der Waals surface area contributed by atoms with Crippen LogP contribution in [0.1, 0.15) is 0 Å². The van der Waals surface area contributed by atoms with Crippen LogP contribution in [0.2, 0.25) is 0 Å². The van der Waals surface area contributed by atoms with Gasteiger partial charge in [0.25, 0.3) is 0 Å². The average Bonchev–Trinajstić information content (AvgIpc) is 0. The average molecular weight is 900 g/mol. The van der Waals surface area contributed by atoms with E-state index in [1.807, 2.05) is 0 Å². The summed E-state index contributed by atoms with van der Waals surface area (Å²) in [6.07, 6.45) is 0. The maximum atomic E-state index is 0. The minimum absolute atomic E-state index is 0. The Bertz CT molecular complexity index is 15.7. The van der Waals surface area contributed by atoms with Gasteiger partial charge in [0.05, 0.1) is 0 Å². The molecule has 0 atom stereocenters. The fourth-order valence-electron chi connectivity index (χ4n) is 0. The van der Waals surface area contributed by atoms with Crippen molar-refractivity contribution in [3.8, 4) is 0 Å².